The molecule has 1 aliphatic carbocycles. The molecule has 1 aromatic heterocycles. The molecule has 4 rings (SSSR count). The van der Waals surface area contributed by atoms with Crippen molar-refractivity contribution in [3.8, 4) is 0 Å². The number of amides is 1. The minimum Gasteiger partial charge on any atom is -0.395 e. The Morgan fingerprint density at radius 3 is 2.00 bits per heavy atom. The molecular weight excluding hydrogens is 380 g/mol. The van der Waals surface area contributed by atoms with Gasteiger partial charge in [0.05, 0.1) is 6.61 Å². The van der Waals surface area contributed by atoms with E-state index in [1.54, 1.807) is 0 Å². The summed E-state index contributed by atoms with van der Waals surface area (Å²) < 4.78 is 0. The van der Waals surface area contributed by atoms with Gasteiger partial charge < -0.3 is 19.8 Å². The van der Waals surface area contributed by atoms with Crippen LogP contribution in [0.25, 0.3) is 0 Å². The van der Waals surface area contributed by atoms with E-state index < -0.39 is 0 Å². The van der Waals surface area contributed by atoms with E-state index in [0.29, 0.717) is 12.3 Å². The van der Waals surface area contributed by atoms with Crippen molar-refractivity contribution in [2.75, 3.05) is 75.3 Å². The van der Waals surface area contributed by atoms with E-state index >= 15 is 0 Å². The number of carbonyl (C=O) groups is 1. The number of nitrogens with zero attached hydrogens (tertiary/aromatic N) is 6. The van der Waals surface area contributed by atoms with Gasteiger partial charge in [-0.15, -0.1) is 10.2 Å². The lowest BCUT2D eigenvalue weighted by molar-refractivity contribution is -0.131. The van der Waals surface area contributed by atoms with E-state index in [2.05, 4.69) is 37.0 Å². The Kier molecular flexibility index (Phi) is 7.38. The van der Waals surface area contributed by atoms with Crippen LogP contribution in [-0.2, 0) is 4.79 Å². The van der Waals surface area contributed by atoms with Crippen LogP contribution in [-0.4, -0.2) is 96.5 Å². The van der Waals surface area contributed by atoms with Crippen molar-refractivity contribution >= 4 is 17.5 Å². The zero-order chi connectivity index (χ0) is 20.8. The first-order valence-electron chi connectivity index (χ1n) is 11.7. The zero-order valence-corrected chi connectivity index (χ0v) is 18.1. The van der Waals surface area contributed by atoms with Gasteiger partial charge in [-0.25, -0.2) is 0 Å². The molecule has 0 bridgehead atoms. The van der Waals surface area contributed by atoms with Crippen LogP contribution < -0.4 is 9.80 Å². The first kappa shape index (κ1) is 21.3. The van der Waals surface area contributed by atoms with Crippen molar-refractivity contribution in [3.63, 3.8) is 0 Å². The van der Waals surface area contributed by atoms with E-state index in [9.17, 15) is 4.79 Å². The molecule has 166 valence electrons. The summed E-state index contributed by atoms with van der Waals surface area (Å²) in [6.45, 7) is 7.87. The van der Waals surface area contributed by atoms with Crippen molar-refractivity contribution < 1.29 is 9.90 Å². The molecule has 1 amide bonds. The second-order valence-corrected chi connectivity index (χ2v) is 8.86. The Morgan fingerprint density at radius 1 is 0.900 bits per heavy atom. The highest BCUT2D eigenvalue weighted by Gasteiger charge is 2.24. The molecule has 0 unspecified atom stereocenters. The summed E-state index contributed by atoms with van der Waals surface area (Å²) in [5, 5.41) is 18.0. The number of aliphatic hydroxyl groups excluding tert-OH is 1. The SMILES string of the molecule is O=C(CCC1CCCC1)N1CCN(c2ccc(N3CCN(CCO)CC3)nn2)CC1. The van der Waals surface area contributed by atoms with E-state index in [4.69, 9.17) is 5.11 Å². The average molecular weight is 417 g/mol. The molecule has 0 spiro atoms. The van der Waals surface area contributed by atoms with Gasteiger partial charge in [0.2, 0.25) is 5.91 Å². The number of rotatable bonds is 7. The summed E-state index contributed by atoms with van der Waals surface area (Å²) in [5.74, 6) is 2.92. The summed E-state index contributed by atoms with van der Waals surface area (Å²) in [6.07, 6.45) is 7.10. The molecule has 0 atom stereocenters. The normalized spacial score (nSPS) is 21.4. The highest BCUT2D eigenvalue weighted by atomic mass is 16.3. The highest BCUT2D eigenvalue weighted by Crippen LogP contribution is 2.28. The summed E-state index contributed by atoms with van der Waals surface area (Å²) >= 11 is 0. The molecule has 8 nitrogen and oxygen atoms in total. The van der Waals surface area contributed by atoms with Crippen molar-refractivity contribution in [3.05, 3.63) is 12.1 Å². The lowest BCUT2D eigenvalue weighted by Gasteiger charge is -2.36. The molecular formula is C22H36N6O2. The van der Waals surface area contributed by atoms with Gasteiger partial charge in [-0.1, -0.05) is 25.7 Å². The maximum atomic E-state index is 12.5. The lowest BCUT2D eigenvalue weighted by Crippen LogP contribution is -2.49. The van der Waals surface area contributed by atoms with Gasteiger partial charge in [0.1, 0.15) is 0 Å². The third-order valence-corrected chi connectivity index (χ3v) is 6.95. The standard InChI is InChI=1S/C22H36N6O2/c29-18-17-25-9-11-26(12-10-25)20-6-7-21(24-23-20)27-13-15-28(16-14-27)22(30)8-5-19-3-1-2-4-19/h6-7,19,29H,1-5,8-18H2. The summed E-state index contributed by atoms with van der Waals surface area (Å²) in [6, 6.07) is 4.11. The van der Waals surface area contributed by atoms with Gasteiger partial charge in [0.15, 0.2) is 11.6 Å². The quantitative estimate of drug-likeness (QED) is 0.716. The predicted octanol–water partition coefficient (Wildman–Crippen LogP) is 1.21. The van der Waals surface area contributed by atoms with Crippen LogP contribution in [0.2, 0.25) is 0 Å². The number of hydrogen-bond acceptors (Lipinski definition) is 7. The maximum Gasteiger partial charge on any atom is 0.222 e. The Hall–Kier alpha value is -1.93. The molecule has 8 heteroatoms. The molecule has 0 radical (unpaired) electrons. The van der Waals surface area contributed by atoms with Crippen LogP contribution in [0.5, 0.6) is 0 Å². The fraction of sp³-hybridized carbons (Fsp3) is 0.773. The summed E-state index contributed by atoms with van der Waals surface area (Å²) in [5.41, 5.74) is 0. The molecule has 1 N–H and O–H groups in total. The molecule has 3 fully saturated rings. The smallest absolute Gasteiger partial charge is 0.222 e. The van der Waals surface area contributed by atoms with E-state index in [-0.39, 0.29) is 6.61 Å². The van der Waals surface area contributed by atoms with Gasteiger partial charge in [-0.3, -0.25) is 9.69 Å². The van der Waals surface area contributed by atoms with Gasteiger partial charge in [-0.2, -0.15) is 0 Å². The zero-order valence-electron chi connectivity index (χ0n) is 18.1. The van der Waals surface area contributed by atoms with Crippen molar-refractivity contribution in [2.24, 2.45) is 5.92 Å². The fourth-order valence-corrected chi connectivity index (χ4v) is 4.97. The monoisotopic (exact) mass is 416 g/mol. The number of anilines is 2. The predicted molar refractivity (Wildman–Crippen MR) is 118 cm³/mol. The molecule has 1 saturated carbocycles. The Balaban J connectivity index is 1.21. The minimum absolute atomic E-state index is 0.216. The number of aromatic nitrogens is 2. The molecule has 3 heterocycles. The summed E-state index contributed by atoms with van der Waals surface area (Å²) in [4.78, 5) is 21.3. The third kappa shape index (κ3) is 5.40. The number of β-amino-alcohol motifs (C(OH)–C–C–N with tert-alkyl or cyclic N) is 1. The first-order valence-corrected chi connectivity index (χ1v) is 11.7. The maximum absolute atomic E-state index is 12.5. The molecule has 1 aromatic rings. The molecule has 0 aromatic carbocycles. The second-order valence-electron chi connectivity index (χ2n) is 8.86. The Bertz CT molecular complexity index is 663. The molecule has 2 aliphatic heterocycles. The van der Waals surface area contributed by atoms with Crippen molar-refractivity contribution in [1.29, 1.82) is 0 Å². The average Bonchev–Trinajstić information content (AvgIpc) is 3.32. The number of carbonyl (C=O) groups excluding carboxylic acids is 1. The molecule has 2 saturated heterocycles. The van der Waals surface area contributed by atoms with Crippen molar-refractivity contribution in [1.82, 2.24) is 20.0 Å². The van der Waals surface area contributed by atoms with E-state index in [1.165, 1.54) is 25.7 Å². The van der Waals surface area contributed by atoms with Crippen LogP contribution in [0.15, 0.2) is 12.1 Å². The molecule has 3 aliphatic rings. The van der Waals surface area contributed by atoms with Gasteiger partial charge >= 0.3 is 0 Å². The van der Waals surface area contributed by atoms with Crippen molar-refractivity contribution in [2.45, 2.75) is 38.5 Å². The number of hydrogen-bond donors (Lipinski definition) is 1. The van der Waals surface area contributed by atoms with Gasteiger partial charge in [-0.05, 0) is 24.5 Å². The number of piperazine rings is 2. The third-order valence-electron chi connectivity index (χ3n) is 6.95. The largest absolute Gasteiger partial charge is 0.395 e. The first-order chi connectivity index (χ1) is 14.7. The van der Waals surface area contributed by atoms with Gasteiger partial charge in [0, 0.05) is 65.3 Å². The van der Waals surface area contributed by atoms with Gasteiger partial charge in [0.25, 0.3) is 0 Å². The van der Waals surface area contributed by atoms with Crippen LogP contribution in [0.4, 0.5) is 11.6 Å². The highest BCUT2D eigenvalue weighted by molar-refractivity contribution is 5.76. The van der Waals surface area contributed by atoms with E-state index in [1.807, 2.05) is 4.90 Å². The van der Waals surface area contributed by atoms with Crippen LogP contribution >= 0.6 is 0 Å². The Morgan fingerprint density at radius 2 is 1.47 bits per heavy atom. The topological polar surface area (TPSA) is 76.0 Å². The number of aliphatic hydroxyl groups is 1. The fourth-order valence-electron chi connectivity index (χ4n) is 4.97. The Labute approximate surface area is 179 Å². The lowest BCUT2D eigenvalue weighted by atomic mass is 10.0. The van der Waals surface area contributed by atoms with Crippen LogP contribution in [0.3, 0.4) is 0 Å². The second kappa shape index (κ2) is 10.4. The van der Waals surface area contributed by atoms with Crippen LogP contribution in [0, 0.1) is 5.92 Å². The molecule has 30 heavy (non-hydrogen) atoms. The summed E-state index contributed by atoms with van der Waals surface area (Å²) in [7, 11) is 0. The van der Waals surface area contributed by atoms with E-state index in [0.717, 1.165) is 82.9 Å². The minimum atomic E-state index is 0.216. The van der Waals surface area contributed by atoms with Crippen LogP contribution in [0.1, 0.15) is 38.5 Å².